The Balaban J connectivity index is 2.24. The van der Waals surface area contributed by atoms with Gasteiger partial charge in [0, 0.05) is 41.7 Å². The Labute approximate surface area is 224 Å². The quantitative estimate of drug-likeness (QED) is 0.394. The van der Waals surface area contributed by atoms with Gasteiger partial charge in [-0.05, 0) is 62.9 Å². The molecule has 0 aliphatic rings. The van der Waals surface area contributed by atoms with Crippen molar-refractivity contribution in [2.45, 2.75) is 59.5 Å². The molecule has 36 heavy (non-hydrogen) atoms. The molecule has 2 aromatic carbocycles. The van der Waals surface area contributed by atoms with Crippen molar-refractivity contribution >= 4 is 50.7 Å². The number of rotatable bonds is 12. The molecule has 0 saturated heterocycles. The van der Waals surface area contributed by atoms with Crippen LogP contribution in [0.4, 0.5) is 5.69 Å². The molecule has 198 valence electrons. The summed E-state index contributed by atoms with van der Waals surface area (Å²) in [6.45, 7) is 8.04. The zero-order valence-corrected chi connectivity index (χ0v) is 23.8. The molecule has 0 radical (unpaired) electrons. The number of halogens is 2. The minimum atomic E-state index is -3.57. The van der Waals surface area contributed by atoms with Gasteiger partial charge in [-0.2, -0.15) is 0 Å². The number of carbonyl (C=O) groups excluding carboxylic acids is 2. The summed E-state index contributed by atoms with van der Waals surface area (Å²) in [5.74, 6) is -0.568. The van der Waals surface area contributed by atoms with Gasteiger partial charge in [0.05, 0.1) is 11.9 Å². The molecule has 1 atom stereocenters. The third kappa shape index (κ3) is 8.11. The van der Waals surface area contributed by atoms with Crippen LogP contribution in [0.25, 0.3) is 0 Å². The molecule has 2 rings (SSSR count). The molecule has 0 fully saturated rings. The summed E-state index contributed by atoms with van der Waals surface area (Å²) in [7, 11) is -3.57. The van der Waals surface area contributed by atoms with Crippen LogP contribution in [0.2, 0.25) is 10.0 Å². The van der Waals surface area contributed by atoms with Crippen LogP contribution in [-0.2, 0) is 26.2 Å². The molecule has 7 nitrogen and oxygen atoms in total. The zero-order valence-electron chi connectivity index (χ0n) is 21.5. The molecule has 0 aliphatic carbocycles. The fourth-order valence-electron chi connectivity index (χ4n) is 3.80. The van der Waals surface area contributed by atoms with E-state index >= 15 is 0 Å². The normalized spacial score (nSPS) is 12.2. The number of nitrogens with one attached hydrogen (secondary N) is 1. The number of sulfonamides is 1. The first-order valence-corrected chi connectivity index (χ1v) is 14.5. The van der Waals surface area contributed by atoms with Crippen molar-refractivity contribution in [1.82, 2.24) is 10.2 Å². The smallest absolute Gasteiger partial charge is 0.242 e. The summed E-state index contributed by atoms with van der Waals surface area (Å²) < 4.78 is 26.5. The lowest BCUT2D eigenvalue weighted by Crippen LogP contribution is -2.48. The second kappa shape index (κ2) is 13.3. The number of hydrogen-bond donors (Lipinski definition) is 1. The van der Waals surface area contributed by atoms with Crippen LogP contribution in [0.15, 0.2) is 36.4 Å². The maximum atomic E-state index is 13.4. The van der Waals surface area contributed by atoms with Crippen molar-refractivity contribution in [1.29, 1.82) is 0 Å². The highest BCUT2D eigenvalue weighted by Gasteiger charge is 2.28. The van der Waals surface area contributed by atoms with Gasteiger partial charge in [-0.15, -0.1) is 0 Å². The van der Waals surface area contributed by atoms with Crippen molar-refractivity contribution in [3.8, 4) is 0 Å². The van der Waals surface area contributed by atoms with Crippen LogP contribution >= 0.6 is 23.2 Å². The van der Waals surface area contributed by atoms with Gasteiger partial charge in [-0.25, -0.2) is 8.42 Å². The van der Waals surface area contributed by atoms with Gasteiger partial charge in [0.25, 0.3) is 0 Å². The lowest BCUT2D eigenvalue weighted by Gasteiger charge is -2.30. The van der Waals surface area contributed by atoms with E-state index in [1.54, 1.807) is 25.1 Å². The first-order chi connectivity index (χ1) is 16.9. The predicted molar refractivity (Wildman–Crippen MR) is 147 cm³/mol. The molecular formula is C26H35Cl2N3O4S. The van der Waals surface area contributed by atoms with Gasteiger partial charge in [0.2, 0.25) is 21.8 Å². The first-order valence-electron chi connectivity index (χ1n) is 11.9. The molecular weight excluding hydrogens is 521 g/mol. The van der Waals surface area contributed by atoms with Gasteiger partial charge < -0.3 is 10.2 Å². The lowest BCUT2D eigenvalue weighted by molar-refractivity contribution is -0.140. The van der Waals surface area contributed by atoms with Crippen molar-refractivity contribution in [3.05, 3.63) is 63.1 Å². The Bertz CT molecular complexity index is 1170. The molecule has 2 amide bonds. The SMILES string of the molecule is CCCNC(=O)[C@H](C)N(Cc1c(Cl)cccc1Cl)C(=O)CCCN(c1cc(C)ccc1C)S(C)(=O)=O. The molecule has 0 aromatic heterocycles. The van der Waals surface area contributed by atoms with E-state index in [1.165, 1.54) is 9.21 Å². The summed E-state index contributed by atoms with van der Waals surface area (Å²) >= 11 is 12.7. The Morgan fingerprint density at radius 1 is 1.08 bits per heavy atom. The standard InChI is InChI=1S/C26H35Cl2N3O4S/c1-6-14-29-26(33)20(4)30(17-21-22(27)9-7-10-23(21)28)25(32)11-8-15-31(36(5,34)35)24-16-18(2)12-13-19(24)3/h7,9-10,12-13,16,20H,6,8,11,14-15,17H2,1-5H3,(H,29,33)/t20-/m0/s1. The van der Waals surface area contributed by atoms with E-state index in [-0.39, 0.29) is 37.7 Å². The van der Waals surface area contributed by atoms with E-state index in [0.29, 0.717) is 27.8 Å². The van der Waals surface area contributed by atoms with Crippen molar-refractivity contribution in [3.63, 3.8) is 0 Å². The minimum Gasteiger partial charge on any atom is -0.354 e. The molecule has 0 spiro atoms. The van der Waals surface area contributed by atoms with E-state index in [9.17, 15) is 18.0 Å². The largest absolute Gasteiger partial charge is 0.354 e. The highest BCUT2D eigenvalue weighted by Crippen LogP contribution is 2.28. The summed E-state index contributed by atoms with van der Waals surface area (Å²) in [6.07, 6.45) is 2.24. The fraction of sp³-hybridized carbons (Fsp3) is 0.462. The van der Waals surface area contributed by atoms with Gasteiger partial charge in [0.1, 0.15) is 6.04 Å². The molecule has 2 aromatic rings. The van der Waals surface area contributed by atoms with Gasteiger partial charge >= 0.3 is 0 Å². The monoisotopic (exact) mass is 555 g/mol. The lowest BCUT2D eigenvalue weighted by atomic mass is 10.1. The van der Waals surface area contributed by atoms with E-state index in [4.69, 9.17) is 23.2 Å². The number of anilines is 1. The van der Waals surface area contributed by atoms with Crippen LogP contribution < -0.4 is 9.62 Å². The topological polar surface area (TPSA) is 86.8 Å². The van der Waals surface area contributed by atoms with Crippen molar-refractivity contribution < 1.29 is 18.0 Å². The Kier molecular flexibility index (Phi) is 11.1. The first kappa shape index (κ1) is 29.9. The van der Waals surface area contributed by atoms with E-state index in [2.05, 4.69) is 5.32 Å². The summed E-state index contributed by atoms with van der Waals surface area (Å²) in [6, 6.07) is 9.93. The number of aryl methyl sites for hydroxylation is 2. The van der Waals surface area contributed by atoms with E-state index in [1.807, 2.05) is 39.0 Å². The number of hydrogen-bond acceptors (Lipinski definition) is 4. The van der Waals surface area contributed by atoms with Gasteiger partial charge in [-0.3, -0.25) is 13.9 Å². The summed E-state index contributed by atoms with van der Waals surface area (Å²) in [4.78, 5) is 27.5. The molecule has 1 N–H and O–H groups in total. The average molecular weight is 557 g/mol. The van der Waals surface area contributed by atoms with Crippen LogP contribution in [0.5, 0.6) is 0 Å². The highest BCUT2D eigenvalue weighted by atomic mass is 35.5. The third-order valence-corrected chi connectivity index (χ3v) is 7.78. The van der Waals surface area contributed by atoms with Gasteiger partial charge in [0.15, 0.2) is 0 Å². The average Bonchev–Trinajstić information content (AvgIpc) is 2.80. The Hall–Kier alpha value is -2.29. The maximum Gasteiger partial charge on any atom is 0.242 e. The van der Waals surface area contributed by atoms with Crippen LogP contribution in [0.3, 0.4) is 0 Å². The number of benzene rings is 2. The molecule has 0 saturated carbocycles. The van der Waals surface area contributed by atoms with Crippen LogP contribution in [0, 0.1) is 13.8 Å². The van der Waals surface area contributed by atoms with Crippen LogP contribution in [-0.4, -0.2) is 50.5 Å². The molecule has 0 aliphatic heterocycles. The molecule has 0 heterocycles. The molecule has 0 bridgehead atoms. The second-order valence-corrected chi connectivity index (χ2v) is 11.6. The van der Waals surface area contributed by atoms with Gasteiger partial charge in [-0.1, -0.05) is 48.3 Å². The molecule has 0 unspecified atom stereocenters. The zero-order chi connectivity index (χ0) is 27.0. The summed E-state index contributed by atoms with van der Waals surface area (Å²) in [5, 5.41) is 3.63. The third-order valence-electron chi connectivity index (χ3n) is 5.89. The number of nitrogens with zero attached hydrogens (tertiary/aromatic N) is 2. The predicted octanol–water partition coefficient (Wildman–Crippen LogP) is 5.10. The number of carbonyl (C=O) groups is 2. The van der Waals surface area contributed by atoms with Crippen LogP contribution in [0.1, 0.15) is 49.8 Å². The minimum absolute atomic E-state index is 0.0460. The summed E-state index contributed by atoms with van der Waals surface area (Å²) in [5.41, 5.74) is 2.91. The Morgan fingerprint density at radius 2 is 1.72 bits per heavy atom. The van der Waals surface area contributed by atoms with Crippen molar-refractivity contribution in [2.75, 3.05) is 23.7 Å². The van der Waals surface area contributed by atoms with E-state index in [0.717, 1.165) is 23.8 Å². The second-order valence-electron chi connectivity index (χ2n) is 8.92. The molecule has 10 heteroatoms. The van der Waals surface area contributed by atoms with E-state index < -0.39 is 16.1 Å². The van der Waals surface area contributed by atoms with Crippen molar-refractivity contribution in [2.24, 2.45) is 0 Å². The fourth-order valence-corrected chi connectivity index (χ4v) is 5.33. The maximum absolute atomic E-state index is 13.4. The number of amides is 2. The Morgan fingerprint density at radius 3 is 2.31 bits per heavy atom. The highest BCUT2D eigenvalue weighted by molar-refractivity contribution is 7.92.